The van der Waals surface area contributed by atoms with Gasteiger partial charge in [-0.2, -0.15) is 18.3 Å². The number of carbonyl (C=O) groups is 1. The molecule has 1 saturated heterocycles. The normalized spacial score (nSPS) is 16.9. The maximum Gasteiger partial charge on any atom is 0.432 e. The Labute approximate surface area is 179 Å². The van der Waals surface area contributed by atoms with Gasteiger partial charge in [-0.15, -0.1) is 5.06 Å². The van der Waals surface area contributed by atoms with E-state index in [-0.39, 0.29) is 36.5 Å². The molecule has 3 aromatic rings. The SMILES string of the molecule is O=C(Nc1n[nH]c2ccccc12)ON1CCC(O)(c2cc(C(F)(F)F)ccc2Cl)CC1. The lowest BCUT2D eigenvalue weighted by Gasteiger charge is -2.37. The van der Waals surface area contributed by atoms with Crippen molar-refractivity contribution in [2.45, 2.75) is 24.6 Å². The molecule has 7 nitrogen and oxygen atoms in total. The van der Waals surface area contributed by atoms with E-state index in [1.807, 2.05) is 12.1 Å². The van der Waals surface area contributed by atoms with Gasteiger partial charge in [0.25, 0.3) is 0 Å². The average molecular weight is 455 g/mol. The molecule has 0 unspecified atom stereocenters. The van der Waals surface area contributed by atoms with E-state index >= 15 is 0 Å². The molecule has 11 heteroatoms. The van der Waals surface area contributed by atoms with E-state index in [4.69, 9.17) is 16.4 Å². The molecule has 1 fully saturated rings. The van der Waals surface area contributed by atoms with Gasteiger partial charge in [-0.25, -0.2) is 4.79 Å². The molecule has 0 radical (unpaired) electrons. The van der Waals surface area contributed by atoms with Gasteiger partial charge in [-0.1, -0.05) is 23.7 Å². The van der Waals surface area contributed by atoms with Crippen LogP contribution in [0.15, 0.2) is 42.5 Å². The fourth-order valence-corrected chi connectivity index (χ4v) is 3.86. The highest BCUT2D eigenvalue weighted by molar-refractivity contribution is 6.31. The second-order valence-electron chi connectivity index (χ2n) is 7.27. The standard InChI is InChI=1S/C20H18ClF3N4O3/c21-15-6-5-12(20(22,23)24)11-14(15)19(30)7-9-28(10-8-19)31-18(29)25-17-13-3-1-2-4-16(13)26-27-17/h1-6,11,30H,7-10H2,(H2,25,26,27,29). The Kier molecular flexibility index (Phi) is 5.54. The molecule has 1 aromatic heterocycles. The highest BCUT2D eigenvalue weighted by Gasteiger charge is 2.39. The topological polar surface area (TPSA) is 90.5 Å². The van der Waals surface area contributed by atoms with E-state index in [2.05, 4.69) is 15.5 Å². The van der Waals surface area contributed by atoms with Crippen molar-refractivity contribution < 1.29 is 27.9 Å². The Morgan fingerprint density at radius 1 is 1.23 bits per heavy atom. The third-order valence-corrected chi connectivity index (χ3v) is 5.58. The second-order valence-corrected chi connectivity index (χ2v) is 7.68. The molecule has 4 rings (SSSR count). The Balaban J connectivity index is 1.40. The quantitative estimate of drug-likeness (QED) is 0.534. The highest BCUT2D eigenvalue weighted by atomic mass is 35.5. The predicted molar refractivity (Wildman–Crippen MR) is 107 cm³/mol. The van der Waals surface area contributed by atoms with Crippen molar-refractivity contribution in [3.63, 3.8) is 0 Å². The molecule has 1 aliphatic rings. The summed E-state index contributed by atoms with van der Waals surface area (Å²) in [7, 11) is 0. The third kappa shape index (κ3) is 4.46. The molecule has 0 aliphatic carbocycles. The number of aromatic amines is 1. The number of benzene rings is 2. The van der Waals surface area contributed by atoms with Crippen LogP contribution < -0.4 is 5.32 Å². The number of amides is 1. The van der Waals surface area contributed by atoms with Crippen LogP contribution in [0.4, 0.5) is 23.8 Å². The molecule has 1 amide bonds. The summed E-state index contributed by atoms with van der Waals surface area (Å²) in [5, 5.41) is 22.4. The van der Waals surface area contributed by atoms with E-state index < -0.39 is 23.4 Å². The van der Waals surface area contributed by atoms with Crippen molar-refractivity contribution in [3.05, 3.63) is 58.6 Å². The van der Waals surface area contributed by atoms with Crippen LogP contribution in [0.1, 0.15) is 24.0 Å². The summed E-state index contributed by atoms with van der Waals surface area (Å²) in [6.45, 7) is 0.218. The first-order valence-electron chi connectivity index (χ1n) is 9.42. The Hall–Kier alpha value is -2.82. The van der Waals surface area contributed by atoms with Crippen LogP contribution in [-0.4, -0.2) is 39.5 Å². The molecule has 31 heavy (non-hydrogen) atoms. The maximum atomic E-state index is 13.0. The van der Waals surface area contributed by atoms with Crippen LogP contribution in [0.5, 0.6) is 0 Å². The smallest absolute Gasteiger partial charge is 0.385 e. The van der Waals surface area contributed by atoms with Gasteiger partial charge in [-0.05, 0) is 43.2 Å². The zero-order valence-electron chi connectivity index (χ0n) is 16.0. The lowest BCUT2D eigenvalue weighted by atomic mass is 9.84. The number of alkyl halides is 3. The number of para-hydroxylation sites is 1. The van der Waals surface area contributed by atoms with Gasteiger partial charge in [0, 0.05) is 29.1 Å². The summed E-state index contributed by atoms with van der Waals surface area (Å²) in [6, 6.07) is 10.1. The summed E-state index contributed by atoms with van der Waals surface area (Å²) < 4.78 is 39.1. The number of piperidine rings is 1. The summed E-state index contributed by atoms with van der Waals surface area (Å²) in [4.78, 5) is 17.5. The lowest BCUT2D eigenvalue weighted by molar-refractivity contribution is -0.149. The van der Waals surface area contributed by atoms with E-state index in [1.165, 1.54) is 5.06 Å². The zero-order valence-corrected chi connectivity index (χ0v) is 16.8. The number of anilines is 1. The van der Waals surface area contributed by atoms with Gasteiger partial charge in [0.2, 0.25) is 0 Å². The Morgan fingerprint density at radius 2 is 1.94 bits per heavy atom. The number of fused-ring (bicyclic) bond motifs is 1. The van der Waals surface area contributed by atoms with E-state index in [0.29, 0.717) is 11.2 Å². The fourth-order valence-electron chi connectivity index (χ4n) is 3.57. The van der Waals surface area contributed by atoms with Crippen molar-refractivity contribution in [1.29, 1.82) is 0 Å². The van der Waals surface area contributed by atoms with Crippen molar-refractivity contribution >= 4 is 34.4 Å². The minimum atomic E-state index is -4.55. The summed E-state index contributed by atoms with van der Waals surface area (Å²) in [5.74, 6) is 0.310. The van der Waals surface area contributed by atoms with Crippen LogP contribution in [0.25, 0.3) is 10.9 Å². The van der Waals surface area contributed by atoms with Gasteiger partial charge in [-0.3, -0.25) is 10.4 Å². The second kappa shape index (κ2) is 8.03. The number of hydrogen-bond acceptors (Lipinski definition) is 5. The van der Waals surface area contributed by atoms with Crippen molar-refractivity contribution in [2.24, 2.45) is 0 Å². The van der Waals surface area contributed by atoms with Crippen LogP contribution in [0, 0.1) is 0 Å². The molecule has 1 aliphatic heterocycles. The first-order chi connectivity index (χ1) is 14.7. The molecule has 164 valence electrons. The number of hydroxylamine groups is 2. The van der Waals surface area contributed by atoms with Gasteiger partial charge in [0.05, 0.1) is 16.7 Å². The minimum Gasteiger partial charge on any atom is -0.385 e. The number of nitrogens with zero attached hydrogens (tertiary/aromatic N) is 2. The summed E-state index contributed by atoms with van der Waals surface area (Å²) >= 11 is 6.07. The maximum absolute atomic E-state index is 13.0. The monoisotopic (exact) mass is 454 g/mol. The van der Waals surface area contributed by atoms with Crippen LogP contribution in [0.3, 0.4) is 0 Å². The number of halogens is 4. The molecular weight excluding hydrogens is 437 g/mol. The van der Waals surface area contributed by atoms with Gasteiger partial charge in [0.15, 0.2) is 5.82 Å². The highest BCUT2D eigenvalue weighted by Crippen LogP contribution is 2.40. The molecule has 2 heterocycles. The van der Waals surface area contributed by atoms with Crippen molar-refractivity contribution in [1.82, 2.24) is 15.3 Å². The van der Waals surface area contributed by atoms with Crippen LogP contribution >= 0.6 is 11.6 Å². The number of nitrogens with one attached hydrogen (secondary N) is 2. The lowest BCUT2D eigenvalue weighted by Crippen LogP contribution is -2.44. The first-order valence-corrected chi connectivity index (χ1v) is 9.80. The van der Waals surface area contributed by atoms with Gasteiger partial charge < -0.3 is 9.94 Å². The predicted octanol–water partition coefficient (Wildman–Crippen LogP) is 4.68. The average Bonchev–Trinajstić information content (AvgIpc) is 3.12. The Bertz CT molecular complexity index is 1110. The molecule has 3 N–H and O–H groups in total. The van der Waals surface area contributed by atoms with Crippen molar-refractivity contribution in [2.75, 3.05) is 18.4 Å². The van der Waals surface area contributed by atoms with E-state index in [9.17, 15) is 23.1 Å². The van der Waals surface area contributed by atoms with Crippen molar-refractivity contribution in [3.8, 4) is 0 Å². The molecule has 2 aromatic carbocycles. The number of carbonyl (C=O) groups excluding carboxylic acids is 1. The van der Waals surface area contributed by atoms with E-state index in [1.54, 1.807) is 12.1 Å². The third-order valence-electron chi connectivity index (χ3n) is 5.25. The van der Waals surface area contributed by atoms with Crippen LogP contribution in [-0.2, 0) is 16.6 Å². The van der Waals surface area contributed by atoms with Crippen LogP contribution in [0.2, 0.25) is 5.02 Å². The first kappa shape index (κ1) is 21.4. The zero-order chi connectivity index (χ0) is 22.2. The molecule has 0 bridgehead atoms. The number of aromatic nitrogens is 2. The van der Waals surface area contributed by atoms with E-state index in [0.717, 1.165) is 23.7 Å². The van der Waals surface area contributed by atoms with Gasteiger partial charge in [0.1, 0.15) is 0 Å². The molecule has 0 spiro atoms. The number of hydrogen-bond donors (Lipinski definition) is 3. The largest absolute Gasteiger partial charge is 0.432 e. The minimum absolute atomic E-state index is 0.0103. The number of H-pyrrole nitrogens is 1. The Morgan fingerprint density at radius 3 is 2.65 bits per heavy atom. The summed E-state index contributed by atoms with van der Waals surface area (Å²) in [6.07, 6.45) is -5.24. The number of rotatable bonds is 3. The fraction of sp³-hybridized carbons (Fsp3) is 0.300. The molecule has 0 saturated carbocycles. The molecule has 0 atom stereocenters. The number of aliphatic hydroxyl groups is 1. The van der Waals surface area contributed by atoms with Gasteiger partial charge >= 0.3 is 12.3 Å². The molecular formula is C20H18ClF3N4O3. The summed E-state index contributed by atoms with van der Waals surface area (Å²) in [5.41, 5.74) is -1.69.